The number of pyridine rings is 1. The van der Waals surface area contributed by atoms with E-state index in [9.17, 15) is 36.5 Å². The molecule has 5 aromatic rings. The number of rotatable bonds is 11. The molecule has 0 saturated carbocycles. The van der Waals surface area contributed by atoms with Gasteiger partial charge in [-0.25, -0.2) is 27.7 Å². The van der Waals surface area contributed by atoms with Crippen molar-refractivity contribution in [2.75, 3.05) is 32.4 Å². The minimum atomic E-state index is -4.68. The highest BCUT2D eigenvalue weighted by atomic mass is 35.5. The van der Waals surface area contributed by atoms with Gasteiger partial charge in [0.2, 0.25) is 17.7 Å². The van der Waals surface area contributed by atoms with E-state index in [1.54, 1.807) is 22.9 Å². The number of ether oxygens (including phenoxy) is 4. The quantitative estimate of drug-likeness (QED) is 0.102. The molecule has 0 fully saturated rings. The molecule has 0 aliphatic heterocycles. The number of aromatic nitrogens is 4. The molecule has 0 unspecified atom stereocenters. The van der Waals surface area contributed by atoms with Gasteiger partial charge in [-0.05, 0) is 36.4 Å². The number of imidazole rings is 1. The number of hydrogen-bond acceptors (Lipinski definition) is 15. The van der Waals surface area contributed by atoms with E-state index in [1.165, 1.54) is 63.7 Å². The predicted molar refractivity (Wildman–Crippen MR) is 188 cm³/mol. The molecule has 2 N–H and O–H groups in total. The molecule has 23 heteroatoms. The van der Waals surface area contributed by atoms with E-state index in [0.717, 1.165) is 17.6 Å². The third-order valence-corrected chi connectivity index (χ3v) is 10.3. The Morgan fingerprint density at radius 1 is 0.925 bits per heavy atom. The Morgan fingerprint density at radius 2 is 1.60 bits per heavy atom. The van der Waals surface area contributed by atoms with E-state index < -0.39 is 46.8 Å². The third-order valence-electron chi connectivity index (χ3n) is 6.63. The number of methoxy groups -OCH3 is 3. The molecule has 280 valence electrons. The average Bonchev–Trinajstić information content (AvgIpc) is 3.54. The SMILES string of the molecule is CCS(=O)(=O)c1nc2ccccn2c1S(=O)(=O)NC(=O)Nc1nc(OC)cc(OC)n1.COC(=O)c1cc(Oc2ccc(Cl)cc2Cl)ccc1[N+](=O)[O-]. The Hall–Kier alpha value is -5.77. The molecule has 3 aromatic heterocycles. The van der Waals surface area contributed by atoms with E-state index in [4.69, 9.17) is 37.4 Å². The van der Waals surface area contributed by atoms with Gasteiger partial charge in [0, 0.05) is 23.4 Å². The first-order valence-electron chi connectivity index (χ1n) is 14.5. The van der Waals surface area contributed by atoms with Crippen LogP contribution < -0.4 is 24.2 Å². The number of nitro groups is 1. The molecule has 0 spiro atoms. The molecule has 2 amide bonds. The number of sulfonamides is 1. The second-order valence-corrected chi connectivity index (χ2v) is 14.6. The summed E-state index contributed by atoms with van der Waals surface area (Å²) in [4.78, 5) is 45.9. The van der Waals surface area contributed by atoms with Crippen molar-refractivity contribution in [3.63, 3.8) is 0 Å². The summed E-state index contributed by atoms with van der Waals surface area (Å²) in [6.07, 6.45) is 1.32. The standard InChI is InChI=1S/C16H18N6O7S2.C14H9Cl2NO5/c1-4-30(24,25)13-14(22-8-6-5-7-10(22)17-13)31(26,27)21-16(23)20-15-18-11(28-2)9-12(19-15)29-3;1-21-14(18)10-7-9(3-4-12(10)17(19)20)22-13-5-2-8(15)6-11(13)16/h5-9H,4H2,1-3H3,(H2,18,19,20,21,23);2-7H,1H3. The molecule has 5 rings (SSSR count). The van der Waals surface area contributed by atoms with Crippen molar-refractivity contribution >= 4 is 72.3 Å². The molecular formula is C30H27Cl2N7O12S2. The molecular weight excluding hydrogens is 785 g/mol. The number of amides is 2. The maximum absolute atomic E-state index is 13.0. The summed E-state index contributed by atoms with van der Waals surface area (Å²) in [6.45, 7) is 1.35. The summed E-state index contributed by atoms with van der Waals surface area (Å²) in [5, 5.41) is 12.4. The zero-order chi connectivity index (χ0) is 39.1. The molecule has 0 atom stereocenters. The Bertz CT molecular complexity index is 2410. The van der Waals surface area contributed by atoms with Gasteiger partial charge < -0.3 is 18.9 Å². The summed E-state index contributed by atoms with van der Waals surface area (Å²) in [6, 6.07) is 13.0. The van der Waals surface area contributed by atoms with Gasteiger partial charge in [-0.2, -0.15) is 18.4 Å². The van der Waals surface area contributed by atoms with Crippen LogP contribution in [0.3, 0.4) is 0 Å². The number of carbonyl (C=O) groups excluding carboxylic acids is 2. The molecule has 3 heterocycles. The Morgan fingerprint density at radius 3 is 2.19 bits per heavy atom. The number of sulfone groups is 1. The van der Waals surface area contributed by atoms with Gasteiger partial charge in [-0.3, -0.25) is 19.8 Å². The van der Waals surface area contributed by atoms with Crippen molar-refractivity contribution in [2.45, 2.75) is 17.0 Å². The average molecular weight is 813 g/mol. The lowest BCUT2D eigenvalue weighted by Gasteiger charge is -2.10. The molecule has 0 radical (unpaired) electrons. The van der Waals surface area contributed by atoms with Crippen LogP contribution >= 0.6 is 23.2 Å². The monoisotopic (exact) mass is 811 g/mol. The fourth-order valence-electron chi connectivity index (χ4n) is 4.20. The maximum Gasteiger partial charge on any atom is 0.345 e. The number of carbonyl (C=O) groups is 2. The number of hydrogen-bond donors (Lipinski definition) is 2. The number of nitrogens with one attached hydrogen (secondary N) is 2. The number of fused-ring (bicyclic) bond motifs is 1. The van der Waals surface area contributed by atoms with Crippen molar-refractivity contribution in [3.8, 4) is 23.3 Å². The van der Waals surface area contributed by atoms with Gasteiger partial charge in [0.25, 0.3) is 15.7 Å². The number of anilines is 1. The van der Waals surface area contributed by atoms with Gasteiger partial charge in [0.05, 0.1) is 43.1 Å². The smallest absolute Gasteiger partial charge is 0.345 e. The normalized spacial score (nSPS) is 11.1. The lowest BCUT2D eigenvalue weighted by molar-refractivity contribution is -0.385. The van der Waals surface area contributed by atoms with Crippen LogP contribution in [-0.4, -0.2) is 80.2 Å². The van der Waals surface area contributed by atoms with Crippen LogP contribution in [0.25, 0.3) is 5.65 Å². The lowest BCUT2D eigenvalue weighted by Crippen LogP contribution is -2.36. The Kier molecular flexibility index (Phi) is 12.6. The minimum absolute atomic E-state index is 0.0584. The van der Waals surface area contributed by atoms with Crippen LogP contribution in [-0.2, 0) is 24.6 Å². The van der Waals surface area contributed by atoms with Crippen LogP contribution in [0.15, 0.2) is 76.9 Å². The van der Waals surface area contributed by atoms with Gasteiger partial charge in [-0.15, -0.1) is 0 Å². The van der Waals surface area contributed by atoms with Crippen LogP contribution in [0, 0.1) is 10.1 Å². The molecule has 2 aromatic carbocycles. The van der Waals surface area contributed by atoms with Crippen molar-refractivity contribution in [1.82, 2.24) is 24.1 Å². The van der Waals surface area contributed by atoms with Crippen LogP contribution in [0.5, 0.6) is 23.3 Å². The molecule has 0 saturated heterocycles. The zero-order valence-corrected chi connectivity index (χ0v) is 30.9. The second-order valence-electron chi connectivity index (χ2n) is 9.99. The number of nitro benzene ring substituents is 1. The molecule has 53 heavy (non-hydrogen) atoms. The van der Waals surface area contributed by atoms with E-state index in [1.807, 2.05) is 0 Å². The fourth-order valence-corrected chi connectivity index (χ4v) is 7.31. The summed E-state index contributed by atoms with van der Waals surface area (Å²) in [5.41, 5.74) is -0.507. The highest BCUT2D eigenvalue weighted by Gasteiger charge is 2.33. The molecule has 0 bridgehead atoms. The second kappa shape index (κ2) is 16.7. The van der Waals surface area contributed by atoms with Gasteiger partial charge >= 0.3 is 12.0 Å². The first kappa shape index (κ1) is 40.0. The number of nitrogens with zero attached hydrogens (tertiary/aromatic N) is 5. The summed E-state index contributed by atoms with van der Waals surface area (Å²) in [5.74, 6) is -0.900. The molecule has 0 aliphatic rings. The fraction of sp³-hybridized carbons (Fsp3) is 0.167. The van der Waals surface area contributed by atoms with E-state index in [-0.39, 0.29) is 51.1 Å². The highest BCUT2D eigenvalue weighted by molar-refractivity contribution is 7.93. The lowest BCUT2D eigenvalue weighted by atomic mass is 10.1. The zero-order valence-electron chi connectivity index (χ0n) is 27.8. The van der Waals surface area contributed by atoms with Gasteiger partial charge in [-0.1, -0.05) is 36.2 Å². The largest absolute Gasteiger partial charge is 0.481 e. The molecule has 19 nitrogen and oxygen atoms in total. The van der Waals surface area contributed by atoms with Gasteiger partial charge in [0.1, 0.15) is 22.7 Å². The van der Waals surface area contributed by atoms with Crippen LogP contribution in [0.1, 0.15) is 17.3 Å². The third kappa shape index (κ3) is 9.57. The number of benzene rings is 2. The van der Waals surface area contributed by atoms with Crippen LogP contribution in [0.2, 0.25) is 10.0 Å². The minimum Gasteiger partial charge on any atom is -0.481 e. The van der Waals surface area contributed by atoms with Crippen molar-refractivity contribution in [2.24, 2.45) is 0 Å². The summed E-state index contributed by atoms with van der Waals surface area (Å²) >= 11 is 11.8. The topological polar surface area (TPSA) is 250 Å². The first-order chi connectivity index (χ1) is 25.0. The summed E-state index contributed by atoms with van der Waals surface area (Å²) < 4.78 is 73.5. The van der Waals surface area contributed by atoms with Gasteiger partial charge in [0.15, 0.2) is 19.9 Å². The Balaban J connectivity index is 0.000000251. The van der Waals surface area contributed by atoms with Crippen molar-refractivity contribution in [1.29, 1.82) is 0 Å². The molecule has 0 aliphatic carbocycles. The summed E-state index contributed by atoms with van der Waals surface area (Å²) in [7, 11) is -4.91. The van der Waals surface area contributed by atoms with E-state index in [2.05, 4.69) is 25.0 Å². The number of urea groups is 1. The van der Waals surface area contributed by atoms with E-state index in [0.29, 0.717) is 10.8 Å². The Labute approximate surface area is 310 Å². The number of halogens is 2. The number of esters is 1. The highest BCUT2D eigenvalue weighted by Crippen LogP contribution is 2.34. The van der Waals surface area contributed by atoms with Crippen LogP contribution in [0.4, 0.5) is 16.4 Å². The van der Waals surface area contributed by atoms with Crippen molar-refractivity contribution in [3.05, 3.63) is 92.6 Å². The first-order valence-corrected chi connectivity index (χ1v) is 18.4. The maximum atomic E-state index is 13.0. The van der Waals surface area contributed by atoms with Crippen molar-refractivity contribution < 1.29 is 50.3 Å². The predicted octanol–water partition coefficient (Wildman–Crippen LogP) is 4.93. The van der Waals surface area contributed by atoms with E-state index >= 15 is 0 Å².